The molecule has 0 aliphatic heterocycles. The van der Waals surface area contributed by atoms with Crippen LogP contribution in [0.15, 0.2) is 46.7 Å². The third-order valence-electron chi connectivity index (χ3n) is 3.75. The van der Waals surface area contributed by atoms with Crippen LogP contribution in [-0.4, -0.2) is 30.5 Å². The van der Waals surface area contributed by atoms with Crippen LogP contribution in [0.1, 0.15) is 10.4 Å². The number of thiazole rings is 1. The minimum Gasteiger partial charge on any atom is -0.298 e. The molecule has 8 nitrogen and oxygen atoms in total. The summed E-state index contributed by atoms with van der Waals surface area (Å²) in [6.45, 7) is 0. The number of carbonyl (C=O) groups excluding carboxylic acids is 1. The van der Waals surface area contributed by atoms with Gasteiger partial charge in [0.1, 0.15) is 4.90 Å². The summed E-state index contributed by atoms with van der Waals surface area (Å²) in [5.74, 6) is -0.675. The van der Waals surface area contributed by atoms with E-state index in [0.717, 1.165) is 29.7 Å². The van der Waals surface area contributed by atoms with E-state index in [0.29, 0.717) is 21.3 Å². The minimum absolute atomic E-state index is 0.0818. The quantitative estimate of drug-likeness (QED) is 0.425. The molecule has 0 fully saturated rings. The average Bonchev–Trinajstić information content (AvgIpc) is 3.10. The van der Waals surface area contributed by atoms with Crippen LogP contribution in [0.3, 0.4) is 0 Å². The maximum atomic E-state index is 12.5. The van der Waals surface area contributed by atoms with E-state index in [1.807, 2.05) is 0 Å². The summed E-state index contributed by atoms with van der Waals surface area (Å²) >= 11 is 13.2. The second-order valence-electron chi connectivity index (χ2n) is 5.83. The fourth-order valence-corrected chi connectivity index (χ4v) is 4.35. The van der Waals surface area contributed by atoms with Crippen LogP contribution in [-0.2, 0) is 9.84 Å². The molecule has 1 heterocycles. The Hall–Kier alpha value is -2.53. The zero-order chi connectivity index (χ0) is 21.3. The van der Waals surface area contributed by atoms with Crippen LogP contribution in [0.25, 0.3) is 11.3 Å². The molecule has 12 heteroatoms. The smallest absolute Gasteiger partial charge is 0.288 e. The van der Waals surface area contributed by atoms with Gasteiger partial charge in [0.2, 0.25) is 0 Å². The molecule has 3 rings (SSSR count). The first kappa shape index (κ1) is 21.2. The number of rotatable bonds is 5. The number of anilines is 1. The standard InChI is InChI=1S/C17H11Cl2N3O5S2/c1-29(26,27)15-5-2-9(6-14(15)22(24)25)16(23)21-17-20-13(8-28-17)11-7-10(18)3-4-12(11)19/h2-8H,1H3,(H,20,21,23). The lowest BCUT2D eigenvalue weighted by molar-refractivity contribution is -0.387. The predicted octanol–water partition coefficient (Wildman–Crippen LogP) is 4.68. The number of hydrogen-bond donors (Lipinski definition) is 1. The SMILES string of the molecule is CS(=O)(=O)c1ccc(C(=O)Nc2nc(-c3cc(Cl)ccc3Cl)cs2)cc1[N+](=O)[O-]. The van der Waals surface area contributed by atoms with E-state index in [9.17, 15) is 23.3 Å². The molecule has 0 aliphatic rings. The minimum atomic E-state index is -3.82. The Kier molecular flexibility index (Phi) is 5.90. The number of nitro groups is 1. The molecule has 2 aromatic carbocycles. The monoisotopic (exact) mass is 471 g/mol. The highest BCUT2D eigenvalue weighted by Gasteiger charge is 2.24. The summed E-state index contributed by atoms with van der Waals surface area (Å²) in [4.78, 5) is 26.6. The Morgan fingerprint density at radius 2 is 1.93 bits per heavy atom. The number of halogens is 2. The highest BCUT2D eigenvalue weighted by atomic mass is 35.5. The molecule has 150 valence electrons. The molecule has 0 unspecified atom stereocenters. The lowest BCUT2D eigenvalue weighted by Gasteiger charge is -2.05. The molecule has 1 aromatic heterocycles. The summed E-state index contributed by atoms with van der Waals surface area (Å²) in [6.07, 6.45) is 0.854. The molecular formula is C17H11Cl2N3O5S2. The third kappa shape index (κ3) is 4.73. The first-order chi connectivity index (χ1) is 13.6. The second kappa shape index (κ2) is 8.07. The van der Waals surface area contributed by atoms with E-state index in [-0.39, 0.29) is 10.7 Å². The largest absolute Gasteiger partial charge is 0.298 e. The van der Waals surface area contributed by atoms with Gasteiger partial charge in [0, 0.05) is 33.9 Å². The molecule has 1 amide bonds. The molecule has 0 saturated carbocycles. The van der Waals surface area contributed by atoms with Gasteiger partial charge in [-0.15, -0.1) is 11.3 Å². The topological polar surface area (TPSA) is 119 Å². The number of hydrogen-bond acceptors (Lipinski definition) is 7. The van der Waals surface area contributed by atoms with E-state index in [4.69, 9.17) is 23.2 Å². The van der Waals surface area contributed by atoms with Crippen molar-refractivity contribution in [3.05, 3.63) is 67.5 Å². The molecule has 0 atom stereocenters. The number of aromatic nitrogens is 1. The zero-order valence-electron chi connectivity index (χ0n) is 14.5. The number of carbonyl (C=O) groups is 1. The first-order valence-electron chi connectivity index (χ1n) is 7.77. The summed E-state index contributed by atoms with van der Waals surface area (Å²) in [5, 5.41) is 16.5. The molecule has 0 bridgehead atoms. The lowest BCUT2D eigenvalue weighted by Crippen LogP contribution is -2.13. The highest BCUT2D eigenvalue weighted by Crippen LogP contribution is 2.33. The van der Waals surface area contributed by atoms with Crippen molar-refractivity contribution in [3.8, 4) is 11.3 Å². The van der Waals surface area contributed by atoms with Crippen LogP contribution >= 0.6 is 34.5 Å². The van der Waals surface area contributed by atoms with Crippen molar-refractivity contribution in [2.24, 2.45) is 0 Å². The number of amides is 1. The molecular weight excluding hydrogens is 461 g/mol. The van der Waals surface area contributed by atoms with Gasteiger partial charge in [-0.3, -0.25) is 20.2 Å². The Morgan fingerprint density at radius 3 is 2.59 bits per heavy atom. The van der Waals surface area contributed by atoms with E-state index in [1.54, 1.807) is 23.6 Å². The van der Waals surface area contributed by atoms with E-state index in [1.165, 1.54) is 6.07 Å². The van der Waals surface area contributed by atoms with Crippen LogP contribution in [0.5, 0.6) is 0 Å². The van der Waals surface area contributed by atoms with Gasteiger partial charge in [-0.25, -0.2) is 13.4 Å². The maximum Gasteiger partial charge on any atom is 0.288 e. The first-order valence-corrected chi connectivity index (χ1v) is 11.3. The lowest BCUT2D eigenvalue weighted by atomic mass is 10.2. The number of sulfone groups is 1. The van der Waals surface area contributed by atoms with E-state index >= 15 is 0 Å². The van der Waals surface area contributed by atoms with Gasteiger partial charge in [-0.1, -0.05) is 23.2 Å². The summed E-state index contributed by atoms with van der Waals surface area (Å²) in [5.41, 5.74) is 0.326. The van der Waals surface area contributed by atoms with Crippen LogP contribution < -0.4 is 5.32 Å². The van der Waals surface area contributed by atoms with Crippen molar-refractivity contribution in [1.82, 2.24) is 4.98 Å². The fourth-order valence-electron chi connectivity index (χ4n) is 2.43. The van der Waals surface area contributed by atoms with Crippen molar-refractivity contribution in [3.63, 3.8) is 0 Å². The van der Waals surface area contributed by atoms with Gasteiger partial charge in [0.15, 0.2) is 15.0 Å². The molecule has 0 saturated heterocycles. The van der Waals surface area contributed by atoms with E-state index in [2.05, 4.69) is 10.3 Å². The number of nitro benzene ring substituents is 1. The predicted molar refractivity (Wildman–Crippen MR) is 112 cm³/mol. The van der Waals surface area contributed by atoms with Crippen molar-refractivity contribution >= 4 is 61.1 Å². The van der Waals surface area contributed by atoms with Crippen molar-refractivity contribution in [1.29, 1.82) is 0 Å². The Balaban J connectivity index is 1.88. The average molecular weight is 472 g/mol. The number of nitrogens with one attached hydrogen (secondary N) is 1. The van der Waals surface area contributed by atoms with Gasteiger partial charge in [0.25, 0.3) is 11.6 Å². The van der Waals surface area contributed by atoms with Gasteiger partial charge in [-0.05, 0) is 30.3 Å². The van der Waals surface area contributed by atoms with Gasteiger partial charge < -0.3 is 0 Å². The van der Waals surface area contributed by atoms with Gasteiger partial charge >= 0.3 is 0 Å². The maximum absolute atomic E-state index is 12.5. The van der Waals surface area contributed by atoms with Crippen LogP contribution in [0.4, 0.5) is 10.8 Å². The molecule has 0 aliphatic carbocycles. The third-order valence-corrected chi connectivity index (χ3v) is 6.21. The van der Waals surface area contributed by atoms with Crippen LogP contribution in [0.2, 0.25) is 10.0 Å². The Morgan fingerprint density at radius 1 is 1.21 bits per heavy atom. The molecule has 3 aromatic rings. The molecule has 0 radical (unpaired) electrons. The van der Waals surface area contributed by atoms with Crippen LogP contribution in [0, 0.1) is 10.1 Å². The summed E-state index contributed by atoms with van der Waals surface area (Å²) in [6, 6.07) is 8.03. The Labute approximate surface area is 179 Å². The molecule has 0 spiro atoms. The van der Waals surface area contributed by atoms with E-state index < -0.39 is 31.3 Å². The second-order valence-corrected chi connectivity index (χ2v) is 9.51. The van der Waals surface area contributed by atoms with Crippen molar-refractivity contribution < 1.29 is 18.1 Å². The number of benzene rings is 2. The molecule has 29 heavy (non-hydrogen) atoms. The van der Waals surface area contributed by atoms with Crippen molar-refractivity contribution in [2.45, 2.75) is 4.90 Å². The zero-order valence-corrected chi connectivity index (χ0v) is 17.7. The van der Waals surface area contributed by atoms with Crippen molar-refractivity contribution in [2.75, 3.05) is 11.6 Å². The highest BCUT2D eigenvalue weighted by molar-refractivity contribution is 7.90. The fraction of sp³-hybridized carbons (Fsp3) is 0.0588. The summed E-state index contributed by atoms with van der Waals surface area (Å²) in [7, 11) is -3.82. The molecule has 1 N–H and O–H groups in total. The normalized spacial score (nSPS) is 11.3. The van der Waals surface area contributed by atoms with Gasteiger partial charge in [0.05, 0.1) is 15.6 Å². The van der Waals surface area contributed by atoms with Gasteiger partial charge in [-0.2, -0.15) is 0 Å². The summed E-state index contributed by atoms with van der Waals surface area (Å²) < 4.78 is 23.4. The number of nitrogens with zero attached hydrogens (tertiary/aromatic N) is 2. The Bertz CT molecular complexity index is 1240.